The fourth-order valence-electron chi connectivity index (χ4n) is 2.20. The zero-order valence-electron chi connectivity index (χ0n) is 13.0. The molecule has 1 atom stereocenters. The van der Waals surface area contributed by atoms with Crippen LogP contribution < -0.4 is 5.32 Å². The second kappa shape index (κ2) is 6.79. The minimum atomic E-state index is -3.87. The highest BCUT2D eigenvalue weighted by atomic mass is 35.7. The fraction of sp³-hybridized carbons (Fsp3) is 0.533. The van der Waals surface area contributed by atoms with Gasteiger partial charge in [-0.2, -0.15) is 0 Å². The van der Waals surface area contributed by atoms with Gasteiger partial charge < -0.3 is 5.32 Å². The number of benzene rings is 1. The van der Waals surface area contributed by atoms with Gasteiger partial charge in [-0.3, -0.25) is 4.79 Å². The van der Waals surface area contributed by atoms with Crippen molar-refractivity contribution in [1.29, 1.82) is 0 Å². The Balaban J connectivity index is 3.20. The van der Waals surface area contributed by atoms with Crippen LogP contribution in [0, 0.1) is 19.8 Å². The molecule has 118 valence electrons. The summed E-state index contributed by atoms with van der Waals surface area (Å²) in [6.07, 6.45) is 0.814. The van der Waals surface area contributed by atoms with Gasteiger partial charge in [0.1, 0.15) is 0 Å². The normalized spacial score (nSPS) is 13.3. The second-order valence-corrected chi connectivity index (χ2v) is 8.12. The van der Waals surface area contributed by atoms with E-state index < -0.39 is 9.05 Å². The number of aryl methyl sites for hydroxylation is 1. The molecule has 0 spiro atoms. The standard InChI is InChI=1S/C15H22ClNO3S/c1-6-13(9(2)3)17-15(18)12-7-10(4)11(5)14(8-12)21(16,19)20/h7-9,13H,6H2,1-5H3,(H,17,18). The Morgan fingerprint density at radius 1 is 1.29 bits per heavy atom. The molecule has 0 aromatic heterocycles. The maximum Gasteiger partial charge on any atom is 0.261 e. The van der Waals surface area contributed by atoms with Gasteiger partial charge in [-0.15, -0.1) is 0 Å². The first kappa shape index (κ1) is 18.0. The van der Waals surface area contributed by atoms with Crippen molar-refractivity contribution in [2.45, 2.75) is 52.0 Å². The Hall–Kier alpha value is -1.07. The predicted octanol–water partition coefficient (Wildman–Crippen LogP) is 3.40. The van der Waals surface area contributed by atoms with Crippen molar-refractivity contribution in [1.82, 2.24) is 5.32 Å². The summed E-state index contributed by atoms with van der Waals surface area (Å²) < 4.78 is 23.2. The van der Waals surface area contributed by atoms with Gasteiger partial charge in [-0.05, 0) is 49.4 Å². The molecule has 1 unspecified atom stereocenters. The molecule has 1 amide bonds. The van der Waals surface area contributed by atoms with Crippen LogP contribution in [0.15, 0.2) is 17.0 Å². The highest BCUT2D eigenvalue weighted by Gasteiger charge is 2.20. The van der Waals surface area contributed by atoms with E-state index in [0.717, 1.165) is 12.0 Å². The lowest BCUT2D eigenvalue weighted by Gasteiger charge is -2.21. The lowest BCUT2D eigenvalue weighted by atomic mass is 10.0. The Kier molecular flexibility index (Phi) is 5.82. The van der Waals surface area contributed by atoms with Gasteiger partial charge in [0.05, 0.1) is 4.90 Å². The number of carbonyl (C=O) groups is 1. The molecular weight excluding hydrogens is 310 g/mol. The van der Waals surface area contributed by atoms with Crippen LogP contribution in [0.3, 0.4) is 0 Å². The summed E-state index contributed by atoms with van der Waals surface area (Å²) in [6.45, 7) is 9.50. The van der Waals surface area contributed by atoms with Crippen LogP contribution >= 0.6 is 10.7 Å². The van der Waals surface area contributed by atoms with Gasteiger partial charge in [-0.25, -0.2) is 8.42 Å². The van der Waals surface area contributed by atoms with Gasteiger partial charge in [0.15, 0.2) is 0 Å². The Morgan fingerprint density at radius 2 is 1.86 bits per heavy atom. The van der Waals surface area contributed by atoms with Crippen molar-refractivity contribution in [2.24, 2.45) is 5.92 Å². The van der Waals surface area contributed by atoms with Crippen molar-refractivity contribution in [3.8, 4) is 0 Å². The van der Waals surface area contributed by atoms with E-state index in [0.29, 0.717) is 17.0 Å². The smallest absolute Gasteiger partial charge is 0.261 e. The molecule has 0 saturated carbocycles. The van der Waals surface area contributed by atoms with E-state index in [9.17, 15) is 13.2 Å². The first-order valence-electron chi connectivity index (χ1n) is 6.94. The number of halogens is 1. The maximum atomic E-state index is 12.3. The average molecular weight is 332 g/mol. The number of hydrogen-bond donors (Lipinski definition) is 1. The molecular formula is C15H22ClNO3S. The SMILES string of the molecule is CCC(NC(=O)c1cc(C)c(C)c(S(=O)(=O)Cl)c1)C(C)C. The monoisotopic (exact) mass is 331 g/mol. The van der Waals surface area contributed by atoms with Gasteiger partial charge in [-0.1, -0.05) is 20.8 Å². The number of amides is 1. The van der Waals surface area contributed by atoms with Crippen molar-refractivity contribution >= 4 is 25.6 Å². The fourth-order valence-corrected chi connectivity index (χ4v) is 3.48. The highest BCUT2D eigenvalue weighted by Crippen LogP contribution is 2.24. The molecule has 0 aliphatic rings. The zero-order valence-corrected chi connectivity index (χ0v) is 14.6. The van der Waals surface area contributed by atoms with Crippen LogP contribution in [0.25, 0.3) is 0 Å². The third-order valence-electron chi connectivity index (χ3n) is 3.71. The van der Waals surface area contributed by atoms with E-state index in [4.69, 9.17) is 10.7 Å². The molecule has 6 heteroatoms. The maximum absolute atomic E-state index is 12.3. The summed E-state index contributed by atoms with van der Waals surface area (Å²) in [4.78, 5) is 12.3. The number of nitrogens with one attached hydrogen (secondary N) is 1. The topological polar surface area (TPSA) is 63.2 Å². The Morgan fingerprint density at radius 3 is 2.29 bits per heavy atom. The van der Waals surface area contributed by atoms with Crippen LogP contribution in [-0.2, 0) is 9.05 Å². The summed E-state index contributed by atoms with van der Waals surface area (Å²) in [5.74, 6) is 0.0296. The molecule has 0 radical (unpaired) electrons. The summed E-state index contributed by atoms with van der Waals surface area (Å²) >= 11 is 0. The molecule has 21 heavy (non-hydrogen) atoms. The molecule has 0 fully saturated rings. The van der Waals surface area contributed by atoms with E-state index in [1.54, 1.807) is 19.9 Å². The molecule has 1 aromatic rings. The Labute approximate surface area is 131 Å². The molecule has 0 aliphatic carbocycles. The van der Waals surface area contributed by atoms with Crippen molar-refractivity contribution in [3.63, 3.8) is 0 Å². The second-order valence-electron chi connectivity index (χ2n) is 5.59. The van der Waals surface area contributed by atoms with E-state index in [1.807, 2.05) is 20.8 Å². The highest BCUT2D eigenvalue weighted by molar-refractivity contribution is 8.13. The zero-order chi connectivity index (χ0) is 16.4. The third kappa shape index (κ3) is 4.45. The third-order valence-corrected chi connectivity index (χ3v) is 5.15. The minimum absolute atomic E-state index is 0.00749. The number of hydrogen-bond acceptors (Lipinski definition) is 3. The lowest BCUT2D eigenvalue weighted by molar-refractivity contribution is 0.0924. The molecule has 0 aliphatic heterocycles. The average Bonchev–Trinajstić information content (AvgIpc) is 2.36. The van der Waals surface area contributed by atoms with Crippen molar-refractivity contribution < 1.29 is 13.2 Å². The van der Waals surface area contributed by atoms with E-state index in [1.165, 1.54) is 6.07 Å². The first-order chi connectivity index (χ1) is 9.57. The van der Waals surface area contributed by atoms with Crippen molar-refractivity contribution in [3.05, 3.63) is 28.8 Å². The van der Waals surface area contributed by atoms with Crippen LogP contribution in [0.4, 0.5) is 0 Å². The number of rotatable bonds is 5. The molecule has 1 N–H and O–H groups in total. The van der Waals surface area contributed by atoms with Gasteiger partial charge in [0, 0.05) is 22.3 Å². The summed E-state index contributed by atoms with van der Waals surface area (Å²) in [7, 11) is 1.57. The van der Waals surface area contributed by atoms with Crippen molar-refractivity contribution in [2.75, 3.05) is 0 Å². The molecule has 0 heterocycles. The van der Waals surface area contributed by atoms with Gasteiger partial charge in [0.25, 0.3) is 15.0 Å². The van der Waals surface area contributed by atoms with Gasteiger partial charge in [0.2, 0.25) is 0 Å². The van der Waals surface area contributed by atoms with Gasteiger partial charge >= 0.3 is 0 Å². The van der Waals surface area contributed by atoms with Crippen LogP contribution in [0.2, 0.25) is 0 Å². The van der Waals surface area contributed by atoms with E-state index >= 15 is 0 Å². The van der Waals surface area contributed by atoms with Crippen LogP contribution in [0.5, 0.6) is 0 Å². The lowest BCUT2D eigenvalue weighted by Crippen LogP contribution is -2.38. The molecule has 1 rings (SSSR count). The summed E-state index contributed by atoms with van der Waals surface area (Å²) in [5, 5.41) is 2.93. The first-order valence-corrected chi connectivity index (χ1v) is 9.25. The summed E-state index contributed by atoms with van der Waals surface area (Å²) in [6, 6.07) is 3.08. The quantitative estimate of drug-likeness (QED) is 0.841. The molecule has 0 bridgehead atoms. The number of carbonyl (C=O) groups excluding carboxylic acids is 1. The molecule has 1 aromatic carbocycles. The predicted molar refractivity (Wildman–Crippen MR) is 85.3 cm³/mol. The minimum Gasteiger partial charge on any atom is -0.349 e. The van der Waals surface area contributed by atoms with Crippen LogP contribution in [-0.4, -0.2) is 20.4 Å². The molecule has 4 nitrogen and oxygen atoms in total. The summed E-state index contributed by atoms with van der Waals surface area (Å²) in [5.41, 5.74) is 1.60. The van der Waals surface area contributed by atoms with Crippen LogP contribution in [0.1, 0.15) is 48.7 Å². The molecule has 0 saturated heterocycles. The largest absolute Gasteiger partial charge is 0.349 e. The van der Waals surface area contributed by atoms with E-state index in [-0.39, 0.29) is 16.8 Å². The van der Waals surface area contributed by atoms with E-state index in [2.05, 4.69) is 5.32 Å². The Bertz CT molecular complexity index is 639.